The van der Waals surface area contributed by atoms with Crippen LogP contribution in [-0.2, 0) is 6.42 Å². The van der Waals surface area contributed by atoms with Crippen molar-refractivity contribution in [3.8, 4) is 0 Å². The van der Waals surface area contributed by atoms with E-state index < -0.39 is 0 Å². The number of benzene rings is 1. The Morgan fingerprint density at radius 2 is 1.95 bits per heavy atom. The average Bonchev–Trinajstić information content (AvgIpc) is 2.54. The molecule has 1 unspecified atom stereocenters. The van der Waals surface area contributed by atoms with E-state index in [1.807, 2.05) is 0 Å². The smallest absolute Gasteiger partial charge is 0.0374 e. The van der Waals surface area contributed by atoms with Crippen LogP contribution in [-0.4, -0.2) is 6.04 Å². The molecule has 0 aromatic heterocycles. The maximum atomic E-state index is 3.81. The first kappa shape index (κ1) is 14.4. The van der Waals surface area contributed by atoms with Gasteiger partial charge >= 0.3 is 0 Å². The molecule has 1 aliphatic rings. The Bertz CT molecular complexity index is 394. The van der Waals surface area contributed by atoms with E-state index >= 15 is 0 Å². The Hall–Kier alpha value is -0.980. The molecule has 0 heterocycles. The zero-order valence-corrected chi connectivity index (χ0v) is 12.8. The number of hydrogen-bond donors (Lipinski definition) is 1. The van der Waals surface area contributed by atoms with Crippen LogP contribution in [0.5, 0.6) is 0 Å². The molecule has 1 heteroatoms. The minimum absolute atomic E-state index is 0.541. The lowest BCUT2D eigenvalue weighted by Crippen LogP contribution is -2.20. The molecule has 0 saturated heterocycles. The number of hydrogen-bond acceptors (Lipinski definition) is 1. The molecule has 1 N–H and O–H groups in total. The van der Waals surface area contributed by atoms with Gasteiger partial charge in [-0.2, -0.15) is 0 Å². The number of aryl methyl sites for hydroxylation is 1. The lowest BCUT2D eigenvalue weighted by Gasteiger charge is -2.23. The molecule has 0 amide bonds. The van der Waals surface area contributed by atoms with Gasteiger partial charge in [-0.3, -0.25) is 0 Å². The Balaban J connectivity index is 2.01. The van der Waals surface area contributed by atoms with Crippen LogP contribution in [0.15, 0.2) is 24.3 Å². The van der Waals surface area contributed by atoms with Crippen LogP contribution in [0.2, 0.25) is 0 Å². The first-order valence-electron chi connectivity index (χ1n) is 7.95. The third kappa shape index (κ3) is 4.26. The summed E-state index contributed by atoms with van der Waals surface area (Å²) in [7, 11) is 0. The fourth-order valence-corrected chi connectivity index (χ4v) is 3.17. The Kier molecular flexibility index (Phi) is 4.90. The van der Waals surface area contributed by atoms with Crippen molar-refractivity contribution in [1.82, 2.24) is 0 Å². The predicted molar refractivity (Wildman–Crippen MR) is 84.7 cm³/mol. The second-order valence-electron chi connectivity index (χ2n) is 6.84. The topological polar surface area (TPSA) is 12.0 Å². The zero-order chi connectivity index (χ0) is 13.7. The van der Waals surface area contributed by atoms with Gasteiger partial charge in [0, 0.05) is 11.7 Å². The summed E-state index contributed by atoms with van der Waals surface area (Å²) in [4.78, 5) is 0. The average molecular weight is 259 g/mol. The lowest BCUT2D eigenvalue weighted by molar-refractivity contribution is 0.313. The van der Waals surface area contributed by atoms with Gasteiger partial charge in [-0.25, -0.2) is 0 Å². The van der Waals surface area contributed by atoms with Crippen LogP contribution < -0.4 is 5.32 Å². The molecule has 0 radical (unpaired) electrons. The molecule has 0 aliphatic heterocycles. The minimum Gasteiger partial charge on any atom is -0.382 e. The molecule has 1 aromatic rings. The molecule has 0 spiro atoms. The van der Waals surface area contributed by atoms with Gasteiger partial charge in [0.25, 0.3) is 0 Å². The maximum Gasteiger partial charge on any atom is 0.0374 e. The van der Waals surface area contributed by atoms with Gasteiger partial charge in [0.2, 0.25) is 0 Å². The van der Waals surface area contributed by atoms with E-state index in [9.17, 15) is 0 Å². The standard InChI is InChI=1S/C18H29N/c1-4-8-15-9-5-6-11-17(15)19-16-10-7-13-18(2,3)14-12-16/h5-6,9,11,16,19H,4,7-8,10,12-14H2,1-3H3. The monoisotopic (exact) mass is 259 g/mol. The summed E-state index contributed by atoms with van der Waals surface area (Å²) in [5.74, 6) is 0. The van der Waals surface area contributed by atoms with E-state index in [1.54, 1.807) is 0 Å². The molecule has 1 aliphatic carbocycles. The van der Waals surface area contributed by atoms with Gasteiger partial charge in [-0.1, -0.05) is 51.8 Å². The number of para-hydroxylation sites is 1. The fraction of sp³-hybridized carbons (Fsp3) is 0.667. The maximum absolute atomic E-state index is 3.81. The highest BCUT2D eigenvalue weighted by atomic mass is 14.9. The van der Waals surface area contributed by atoms with Crippen LogP contribution in [0.25, 0.3) is 0 Å². The van der Waals surface area contributed by atoms with Gasteiger partial charge in [-0.05, 0) is 49.1 Å². The van der Waals surface area contributed by atoms with E-state index in [2.05, 4.69) is 50.4 Å². The molecule has 106 valence electrons. The Morgan fingerprint density at radius 1 is 1.16 bits per heavy atom. The molecule has 1 atom stereocenters. The van der Waals surface area contributed by atoms with Crippen molar-refractivity contribution >= 4 is 5.69 Å². The number of nitrogens with one attached hydrogen (secondary N) is 1. The lowest BCUT2D eigenvalue weighted by atomic mass is 9.85. The molecule has 19 heavy (non-hydrogen) atoms. The van der Waals surface area contributed by atoms with Crippen molar-refractivity contribution in [2.45, 2.75) is 71.8 Å². The van der Waals surface area contributed by atoms with Gasteiger partial charge < -0.3 is 5.32 Å². The second kappa shape index (κ2) is 6.45. The fourth-order valence-electron chi connectivity index (χ4n) is 3.17. The van der Waals surface area contributed by atoms with Crippen molar-refractivity contribution in [3.63, 3.8) is 0 Å². The van der Waals surface area contributed by atoms with Gasteiger partial charge in [0.05, 0.1) is 0 Å². The van der Waals surface area contributed by atoms with Gasteiger partial charge in [0.15, 0.2) is 0 Å². The molecule has 2 rings (SSSR count). The molecule has 1 fully saturated rings. The summed E-state index contributed by atoms with van der Waals surface area (Å²) in [6, 6.07) is 9.50. The molecule has 1 nitrogen and oxygen atoms in total. The zero-order valence-electron chi connectivity index (χ0n) is 12.8. The summed E-state index contributed by atoms with van der Waals surface area (Å²) >= 11 is 0. The third-order valence-corrected chi connectivity index (χ3v) is 4.47. The molecular formula is C18H29N. The van der Waals surface area contributed by atoms with E-state index in [0.717, 1.165) is 0 Å². The van der Waals surface area contributed by atoms with E-state index in [1.165, 1.54) is 56.2 Å². The van der Waals surface area contributed by atoms with Crippen LogP contribution in [0.4, 0.5) is 5.69 Å². The molecule has 1 saturated carbocycles. The van der Waals surface area contributed by atoms with Crippen molar-refractivity contribution in [1.29, 1.82) is 0 Å². The first-order chi connectivity index (χ1) is 9.11. The van der Waals surface area contributed by atoms with Crippen LogP contribution in [0.1, 0.15) is 64.9 Å². The van der Waals surface area contributed by atoms with Crippen LogP contribution >= 0.6 is 0 Å². The summed E-state index contributed by atoms with van der Waals surface area (Å²) in [6.07, 6.45) is 9.12. The summed E-state index contributed by atoms with van der Waals surface area (Å²) < 4.78 is 0. The normalized spacial score (nSPS) is 22.8. The predicted octanol–water partition coefficient (Wildman–Crippen LogP) is 5.41. The second-order valence-corrected chi connectivity index (χ2v) is 6.84. The third-order valence-electron chi connectivity index (χ3n) is 4.47. The summed E-state index contributed by atoms with van der Waals surface area (Å²) in [5, 5.41) is 3.81. The quantitative estimate of drug-likeness (QED) is 0.713. The minimum atomic E-state index is 0.541. The molecule has 0 bridgehead atoms. The SMILES string of the molecule is CCCc1ccccc1NC1CCCC(C)(C)CC1. The van der Waals surface area contributed by atoms with E-state index in [0.29, 0.717) is 11.5 Å². The van der Waals surface area contributed by atoms with Crippen LogP contribution in [0.3, 0.4) is 0 Å². The molecule has 1 aromatic carbocycles. The van der Waals surface area contributed by atoms with Crippen molar-refractivity contribution in [2.24, 2.45) is 5.41 Å². The number of anilines is 1. The summed E-state index contributed by atoms with van der Waals surface area (Å²) in [6.45, 7) is 7.09. The highest BCUT2D eigenvalue weighted by Crippen LogP contribution is 2.35. The largest absolute Gasteiger partial charge is 0.382 e. The summed E-state index contributed by atoms with van der Waals surface area (Å²) in [5.41, 5.74) is 3.39. The Labute approximate surface area is 118 Å². The van der Waals surface area contributed by atoms with E-state index in [-0.39, 0.29) is 0 Å². The van der Waals surface area contributed by atoms with Crippen molar-refractivity contribution in [3.05, 3.63) is 29.8 Å². The van der Waals surface area contributed by atoms with Gasteiger partial charge in [-0.15, -0.1) is 0 Å². The van der Waals surface area contributed by atoms with E-state index in [4.69, 9.17) is 0 Å². The Morgan fingerprint density at radius 3 is 2.74 bits per heavy atom. The number of rotatable bonds is 4. The van der Waals surface area contributed by atoms with Crippen molar-refractivity contribution < 1.29 is 0 Å². The van der Waals surface area contributed by atoms with Crippen molar-refractivity contribution in [2.75, 3.05) is 5.32 Å². The highest BCUT2D eigenvalue weighted by molar-refractivity contribution is 5.51. The highest BCUT2D eigenvalue weighted by Gasteiger charge is 2.24. The first-order valence-corrected chi connectivity index (χ1v) is 7.95. The van der Waals surface area contributed by atoms with Crippen LogP contribution in [0, 0.1) is 5.41 Å². The molecular weight excluding hydrogens is 230 g/mol. The van der Waals surface area contributed by atoms with Gasteiger partial charge in [0.1, 0.15) is 0 Å².